The van der Waals surface area contributed by atoms with Crippen LogP contribution in [0.25, 0.3) is 11.4 Å². The molecule has 0 aliphatic rings. The quantitative estimate of drug-likeness (QED) is 0.657. The van der Waals surface area contributed by atoms with Crippen molar-refractivity contribution in [3.8, 4) is 11.4 Å². The van der Waals surface area contributed by atoms with Crippen LogP contribution >= 0.6 is 0 Å². The number of nitrogens with zero attached hydrogens (tertiary/aromatic N) is 4. The highest BCUT2D eigenvalue weighted by Gasteiger charge is 2.12. The fourth-order valence-corrected chi connectivity index (χ4v) is 2.34. The van der Waals surface area contributed by atoms with Gasteiger partial charge in [-0.15, -0.1) is 10.2 Å². The monoisotopic (exact) mass is 308 g/mol. The SMILES string of the molecule is CN(Cc1nnc(-c2ccccc2)n1C)OCc1ccccc1. The highest BCUT2D eigenvalue weighted by atomic mass is 16.7. The van der Waals surface area contributed by atoms with Gasteiger partial charge in [0, 0.05) is 19.7 Å². The maximum Gasteiger partial charge on any atom is 0.163 e. The molecule has 0 spiro atoms. The summed E-state index contributed by atoms with van der Waals surface area (Å²) >= 11 is 0. The van der Waals surface area contributed by atoms with E-state index in [1.165, 1.54) is 0 Å². The average Bonchev–Trinajstić information content (AvgIpc) is 2.95. The Morgan fingerprint density at radius 1 is 0.957 bits per heavy atom. The van der Waals surface area contributed by atoms with Crippen molar-refractivity contribution in [3.63, 3.8) is 0 Å². The van der Waals surface area contributed by atoms with Gasteiger partial charge in [-0.05, 0) is 5.56 Å². The van der Waals surface area contributed by atoms with Crippen LogP contribution in [0.4, 0.5) is 0 Å². The van der Waals surface area contributed by atoms with Crippen LogP contribution in [0.1, 0.15) is 11.4 Å². The van der Waals surface area contributed by atoms with Gasteiger partial charge in [0.1, 0.15) is 5.82 Å². The predicted molar refractivity (Wildman–Crippen MR) is 89.1 cm³/mol. The first-order valence-electron chi connectivity index (χ1n) is 7.55. The summed E-state index contributed by atoms with van der Waals surface area (Å²) in [5.74, 6) is 1.72. The fraction of sp³-hybridized carbons (Fsp3) is 0.222. The Morgan fingerprint density at radius 3 is 2.30 bits per heavy atom. The number of hydrogen-bond donors (Lipinski definition) is 0. The highest BCUT2D eigenvalue weighted by molar-refractivity contribution is 5.54. The Balaban J connectivity index is 1.63. The van der Waals surface area contributed by atoms with Crippen molar-refractivity contribution in [3.05, 3.63) is 72.1 Å². The first kappa shape index (κ1) is 15.4. The largest absolute Gasteiger partial charge is 0.313 e. The minimum absolute atomic E-state index is 0.542. The normalized spacial score (nSPS) is 11.1. The van der Waals surface area contributed by atoms with E-state index in [1.54, 1.807) is 5.06 Å². The van der Waals surface area contributed by atoms with Crippen LogP contribution in [0.2, 0.25) is 0 Å². The van der Waals surface area contributed by atoms with Crippen molar-refractivity contribution in [2.24, 2.45) is 7.05 Å². The first-order valence-corrected chi connectivity index (χ1v) is 7.55. The van der Waals surface area contributed by atoms with Crippen LogP contribution in [0.5, 0.6) is 0 Å². The Bertz CT molecular complexity index is 740. The summed E-state index contributed by atoms with van der Waals surface area (Å²) in [4.78, 5) is 5.75. The Hall–Kier alpha value is -2.50. The maximum atomic E-state index is 5.75. The molecule has 0 saturated carbocycles. The minimum Gasteiger partial charge on any atom is -0.313 e. The third-order valence-corrected chi connectivity index (χ3v) is 3.66. The number of rotatable bonds is 6. The zero-order valence-corrected chi connectivity index (χ0v) is 13.4. The van der Waals surface area contributed by atoms with Crippen molar-refractivity contribution < 1.29 is 4.84 Å². The summed E-state index contributed by atoms with van der Waals surface area (Å²) in [6.07, 6.45) is 0. The zero-order valence-electron chi connectivity index (χ0n) is 13.4. The summed E-state index contributed by atoms with van der Waals surface area (Å²) in [5.41, 5.74) is 2.20. The lowest BCUT2D eigenvalue weighted by Crippen LogP contribution is -2.20. The molecule has 3 aromatic rings. The van der Waals surface area contributed by atoms with Crippen LogP contribution in [-0.2, 0) is 25.0 Å². The molecule has 0 saturated heterocycles. The average molecular weight is 308 g/mol. The van der Waals surface area contributed by atoms with E-state index in [4.69, 9.17) is 4.84 Å². The molecule has 0 atom stereocenters. The molecule has 0 aliphatic heterocycles. The van der Waals surface area contributed by atoms with Crippen molar-refractivity contribution in [1.29, 1.82) is 0 Å². The molecule has 5 nitrogen and oxygen atoms in total. The molecule has 1 heterocycles. The van der Waals surface area contributed by atoms with E-state index in [9.17, 15) is 0 Å². The highest BCUT2D eigenvalue weighted by Crippen LogP contribution is 2.17. The number of aromatic nitrogens is 3. The Kier molecular flexibility index (Phi) is 4.80. The number of hydrogen-bond acceptors (Lipinski definition) is 4. The molecule has 0 aliphatic carbocycles. The van der Waals surface area contributed by atoms with Crippen molar-refractivity contribution in [2.45, 2.75) is 13.2 Å². The van der Waals surface area contributed by atoms with E-state index in [2.05, 4.69) is 10.2 Å². The summed E-state index contributed by atoms with van der Waals surface area (Å²) in [7, 11) is 3.88. The molecule has 1 aromatic heterocycles. The van der Waals surface area contributed by atoms with Gasteiger partial charge in [-0.25, -0.2) is 0 Å². The molecule has 0 radical (unpaired) electrons. The van der Waals surface area contributed by atoms with Gasteiger partial charge in [-0.2, -0.15) is 5.06 Å². The molecule has 0 fully saturated rings. The zero-order chi connectivity index (χ0) is 16.1. The lowest BCUT2D eigenvalue weighted by molar-refractivity contribution is -0.159. The minimum atomic E-state index is 0.542. The van der Waals surface area contributed by atoms with Gasteiger partial charge >= 0.3 is 0 Å². The summed E-state index contributed by atoms with van der Waals surface area (Å²) < 4.78 is 2.00. The van der Waals surface area contributed by atoms with Crippen molar-refractivity contribution >= 4 is 0 Å². The summed E-state index contributed by atoms with van der Waals surface area (Å²) in [6, 6.07) is 20.2. The summed E-state index contributed by atoms with van der Waals surface area (Å²) in [5, 5.41) is 10.3. The first-order chi connectivity index (χ1) is 11.2. The molecule has 118 valence electrons. The molecule has 2 aromatic carbocycles. The van der Waals surface area contributed by atoms with E-state index < -0.39 is 0 Å². The number of hydroxylamine groups is 2. The molecule has 0 bridgehead atoms. The summed E-state index contributed by atoms with van der Waals surface area (Å²) in [6.45, 7) is 1.11. The molecule has 5 heteroatoms. The van der Waals surface area contributed by atoms with Gasteiger partial charge in [0.2, 0.25) is 0 Å². The van der Waals surface area contributed by atoms with Crippen LogP contribution in [0, 0.1) is 0 Å². The molecule has 0 unspecified atom stereocenters. The molecule has 3 rings (SSSR count). The molecule has 0 N–H and O–H groups in total. The second-order valence-corrected chi connectivity index (χ2v) is 5.41. The fourth-order valence-electron chi connectivity index (χ4n) is 2.34. The van der Waals surface area contributed by atoms with Crippen LogP contribution in [-0.4, -0.2) is 26.9 Å². The van der Waals surface area contributed by atoms with Gasteiger partial charge < -0.3 is 4.57 Å². The standard InChI is InChI=1S/C18H20N4O/c1-21(23-14-15-9-5-3-6-10-15)13-17-19-20-18(22(17)2)16-11-7-4-8-12-16/h3-12H,13-14H2,1-2H3. The van der Waals surface area contributed by atoms with Gasteiger partial charge in [0.05, 0.1) is 13.2 Å². The topological polar surface area (TPSA) is 43.2 Å². The van der Waals surface area contributed by atoms with Crippen LogP contribution < -0.4 is 0 Å². The lowest BCUT2D eigenvalue weighted by Gasteiger charge is -2.16. The van der Waals surface area contributed by atoms with Gasteiger partial charge in [0.25, 0.3) is 0 Å². The molecule has 23 heavy (non-hydrogen) atoms. The third kappa shape index (κ3) is 3.83. The number of benzene rings is 2. The van der Waals surface area contributed by atoms with E-state index in [1.807, 2.05) is 79.3 Å². The van der Waals surface area contributed by atoms with E-state index >= 15 is 0 Å². The maximum absolute atomic E-state index is 5.75. The van der Waals surface area contributed by atoms with Gasteiger partial charge in [-0.1, -0.05) is 60.7 Å². The van der Waals surface area contributed by atoms with Gasteiger partial charge in [-0.3, -0.25) is 4.84 Å². The van der Waals surface area contributed by atoms with E-state index in [-0.39, 0.29) is 0 Å². The van der Waals surface area contributed by atoms with Crippen molar-refractivity contribution in [1.82, 2.24) is 19.8 Å². The third-order valence-electron chi connectivity index (χ3n) is 3.66. The van der Waals surface area contributed by atoms with Crippen LogP contribution in [0.3, 0.4) is 0 Å². The van der Waals surface area contributed by atoms with Gasteiger partial charge in [0.15, 0.2) is 5.82 Å². The Morgan fingerprint density at radius 2 is 1.61 bits per heavy atom. The Labute approximate surface area is 136 Å². The molecular weight excluding hydrogens is 288 g/mol. The van der Waals surface area contributed by atoms with Crippen molar-refractivity contribution in [2.75, 3.05) is 7.05 Å². The van der Waals surface area contributed by atoms with E-state index in [0.717, 1.165) is 22.8 Å². The van der Waals surface area contributed by atoms with E-state index in [0.29, 0.717) is 13.2 Å². The lowest BCUT2D eigenvalue weighted by atomic mass is 10.2. The predicted octanol–water partition coefficient (Wildman–Crippen LogP) is 3.05. The molecule has 0 amide bonds. The van der Waals surface area contributed by atoms with Crippen LogP contribution in [0.15, 0.2) is 60.7 Å². The smallest absolute Gasteiger partial charge is 0.163 e. The molecular formula is C18H20N4O. The second-order valence-electron chi connectivity index (χ2n) is 5.41. The second kappa shape index (κ2) is 7.17.